The number of thioether (sulfide) groups is 1. The summed E-state index contributed by atoms with van der Waals surface area (Å²) in [6, 6.07) is 26.3. The lowest BCUT2D eigenvalue weighted by Gasteiger charge is -2.49. The Balaban J connectivity index is 1.83. The minimum Gasteiger partial charge on any atom is -0.464 e. The van der Waals surface area contributed by atoms with Crippen molar-refractivity contribution >= 4 is 40.9 Å². The maximum atomic E-state index is 14.6. The van der Waals surface area contributed by atoms with Crippen LogP contribution < -0.4 is 4.90 Å². The monoisotopic (exact) mass is 511 g/mol. The normalized spacial score (nSPS) is 24.6. The average molecular weight is 512 g/mol. The second-order valence-corrected chi connectivity index (χ2v) is 10.1. The van der Waals surface area contributed by atoms with Crippen LogP contribution in [0, 0.1) is 5.41 Å². The number of hydrogen-bond acceptors (Lipinski definition) is 6. The first-order chi connectivity index (χ1) is 18.0. The van der Waals surface area contributed by atoms with Crippen molar-refractivity contribution in [3.05, 3.63) is 109 Å². The van der Waals surface area contributed by atoms with E-state index in [2.05, 4.69) is 0 Å². The van der Waals surface area contributed by atoms with Crippen LogP contribution in [0.5, 0.6) is 0 Å². The van der Waals surface area contributed by atoms with E-state index in [1.807, 2.05) is 30.3 Å². The van der Waals surface area contributed by atoms with Gasteiger partial charge in [-0.1, -0.05) is 78.9 Å². The first-order valence-electron chi connectivity index (χ1n) is 12.1. The molecule has 186 valence electrons. The summed E-state index contributed by atoms with van der Waals surface area (Å²) in [4.78, 5) is 58.9. The highest BCUT2D eigenvalue weighted by Gasteiger charge is 2.79. The van der Waals surface area contributed by atoms with Crippen LogP contribution >= 0.6 is 11.8 Å². The van der Waals surface area contributed by atoms with Gasteiger partial charge in [-0.25, -0.2) is 4.79 Å². The summed E-state index contributed by atoms with van der Waals surface area (Å²) >= 11 is 1.28. The fourth-order valence-electron chi connectivity index (χ4n) is 5.44. The fourth-order valence-corrected chi connectivity index (χ4v) is 6.83. The Labute approximate surface area is 219 Å². The van der Waals surface area contributed by atoms with Crippen LogP contribution in [0.4, 0.5) is 5.69 Å². The van der Waals surface area contributed by atoms with Crippen molar-refractivity contribution in [3.8, 4) is 0 Å². The van der Waals surface area contributed by atoms with E-state index in [1.54, 1.807) is 79.7 Å². The number of ketones is 2. The van der Waals surface area contributed by atoms with E-state index in [1.165, 1.54) is 16.7 Å². The molecule has 1 heterocycles. The number of nitrogens with zero attached hydrogens (tertiary/aromatic N) is 1. The molecule has 3 atom stereocenters. The molecule has 5 rings (SSSR count). The number of amides is 1. The van der Waals surface area contributed by atoms with Crippen molar-refractivity contribution in [2.45, 2.75) is 29.0 Å². The van der Waals surface area contributed by atoms with Crippen LogP contribution in [0.25, 0.3) is 0 Å². The molecular formula is C30H25NO5S. The number of fused-ring (bicyclic) bond motifs is 1. The summed E-state index contributed by atoms with van der Waals surface area (Å²) < 4.78 is 5.56. The molecule has 37 heavy (non-hydrogen) atoms. The quantitative estimate of drug-likeness (QED) is 0.148. The molecule has 1 amide bonds. The van der Waals surface area contributed by atoms with Crippen LogP contribution in [0.2, 0.25) is 0 Å². The van der Waals surface area contributed by atoms with E-state index in [0.29, 0.717) is 5.69 Å². The summed E-state index contributed by atoms with van der Waals surface area (Å²) in [7, 11) is 0. The summed E-state index contributed by atoms with van der Waals surface area (Å²) in [5, 5.41) is -0.842. The number of ether oxygens (including phenoxy) is 1. The third kappa shape index (κ3) is 3.64. The van der Waals surface area contributed by atoms with Crippen molar-refractivity contribution in [1.29, 1.82) is 0 Å². The lowest BCUT2D eigenvalue weighted by Crippen LogP contribution is -2.68. The molecule has 6 nitrogen and oxygen atoms in total. The predicted octanol–water partition coefficient (Wildman–Crippen LogP) is 4.89. The summed E-state index contributed by atoms with van der Waals surface area (Å²) in [6.07, 6.45) is 3.51. The third-order valence-corrected chi connectivity index (χ3v) is 8.28. The van der Waals surface area contributed by atoms with Gasteiger partial charge in [-0.15, -0.1) is 11.8 Å². The second kappa shape index (κ2) is 9.82. The van der Waals surface area contributed by atoms with Gasteiger partial charge >= 0.3 is 5.97 Å². The van der Waals surface area contributed by atoms with E-state index in [0.717, 1.165) is 4.90 Å². The fraction of sp³-hybridized carbons (Fsp3) is 0.200. The van der Waals surface area contributed by atoms with Gasteiger partial charge in [0.25, 0.3) is 5.91 Å². The molecule has 0 saturated carbocycles. The van der Waals surface area contributed by atoms with E-state index in [4.69, 9.17) is 4.74 Å². The first kappa shape index (κ1) is 24.7. The van der Waals surface area contributed by atoms with Gasteiger partial charge in [0.15, 0.2) is 16.7 Å². The average Bonchev–Trinajstić information content (AvgIpc) is 3.15. The highest BCUT2D eigenvalue weighted by molar-refractivity contribution is 8.00. The molecule has 1 fully saturated rings. The van der Waals surface area contributed by atoms with Crippen LogP contribution in [0.1, 0.15) is 23.7 Å². The molecule has 3 aromatic rings. The first-order valence-corrected chi connectivity index (χ1v) is 13.0. The van der Waals surface area contributed by atoms with Gasteiger partial charge in [0.2, 0.25) is 5.78 Å². The molecule has 1 aliphatic carbocycles. The van der Waals surface area contributed by atoms with E-state index >= 15 is 0 Å². The Morgan fingerprint density at radius 3 is 2.14 bits per heavy atom. The van der Waals surface area contributed by atoms with Gasteiger partial charge < -0.3 is 4.74 Å². The van der Waals surface area contributed by atoms with Gasteiger partial charge in [-0.05, 0) is 31.2 Å². The Morgan fingerprint density at radius 2 is 1.51 bits per heavy atom. The Hall–Kier alpha value is -3.97. The zero-order valence-electron chi connectivity index (χ0n) is 20.2. The number of carbonyl (C=O) groups is 4. The van der Waals surface area contributed by atoms with Crippen LogP contribution in [-0.2, 0) is 19.1 Å². The molecule has 1 aliphatic heterocycles. The molecule has 0 aromatic heterocycles. The van der Waals surface area contributed by atoms with Gasteiger partial charge in [-0.2, -0.15) is 0 Å². The molecule has 0 N–H and O–H groups in total. The van der Waals surface area contributed by atoms with Crippen molar-refractivity contribution in [2.24, 2.45) is 5.41 Å². The molecular weight excluding hydrogens is 486 g/mol. The number of anilines is 1. The number of rotatable bonds is 7. The van der Waals surface area contributed by atoms with Gasteiger partial charge in [-0.3, -0.25) is 19.3 Å². The van der Waals surface area contributed by atoms with E-state index in [9.17, 15) is 19.2 Å². The van der Waals surface area contributed by atoms with Gasteiger partial charge in [0.05, 0.1) is 11.9 Å². The molecule has 0 bridgehead atoms. The largest absolute Gasteiger partial charge is 0.464 e. The zero-order chi connectivity index (χ0) is 26.0. The maximum absolute atomic E-state index is 14.6. The smallest absolute Gasteiger partial charge is 0.334 e. The second-order valence-electron chi connectivity index (χ2n) is 8.87. The predicted molar refractivity (Wildman–Crippen MR) is 141 cm³/mol. The van der Waals surface area contributed by atoms with Crippen LogP contribution in [0.3, 0.4) is 0 Å². The number of carbonyl (C=O) groups excluding carboxylic acids is 4. The Morgan fingerprint density at radius 1 is 0.919 bits per heavy atom. The van der Waals surface area contributed by atoms with Crippen LogP contribution in [-0.4, -0.2) is 40.8 Å². The van der Waals surface area contributed by atoms with Gasteiger partial charge in [0.1, 0.15) is 0 Å². The van der Waals surface area contributed by atoms with Crippen molar-refractivity contribution in [3.63, 3.8) is 0 Å². The topological polar surface area (TPSA) is 80.8 Å². The molecule has 2 aliphatic rings. The summed E-state index contributed by atoms with van der Waals surface area (Å²) in [5.74, 6) is -3.15. The van der Waals surface area contributed by atoms with Crippen LogP contribution in [0.15, 0.2) is 108 Å². The lowest BCUT2D eigenvalue weighted by molar-refractivity contribution is -0.154. The summed E-state index contributed by atoms with van der Waals surface area (Å²) in [5.41, 5.74) is -3.34. The SMILES string of the molecule is CCOC(=O)[C@@]12CC=C[C@H](Sc3ccccc3)[C@]1(C(=O)c1ccccc1)C(=O)C(=O)N2c1ccccc1. The maximum Gasteiger partial charge on any atom is 0.334 e. The Kier molecular flexibility index (Phi) is 6.56. The molecule has 7 heteroatoms. The Bertz CT molecular complexity index is 1370. The molecule has 1 saturated heterocycles. The standard InChI is InChI=1S/C30H25NO5S/c1-2-36-28(35)29-20-12-19-24(37-23-17-10-5-11-18-23)30(29,25(32)21-13-6-3-7-14-21)26(33)27(34)31(29)22-15-8-4-9-16-22/h3-19,24H,2,20H2,1H3/t24-,29-,30-/m0/s1. The van der Waals surface area contributed by atoms with Crippen molar-refractivity contribution < 1.29 is 23.9 Å². The summed E-state index contributed by atoms with van der Waals surface area (Å²) in [6.45, 7) is 1.69. The minimum absolute atomic E-state index is 0.0292. The third-order valence-electron chi connectivity index (χ3n) is 6.97. The number of hydrogen-bond donors (Lipinski definition) is 0. The number of Topliss-reactive ketones (excluding diaryl/α,β-unsaturated/α-hetero) is 2. The minimum atomic E-state index is -2.05. The highest BCUT2D eigenvalue weighted by atomic mass is 32.2. The molecule has 0 spiro atoms. The zero-order valence-corrected chi connectivity index (χ0v) is 21.0. The number of esters is 1. The van der Waals surface area contributed by atoms with E-state index < -0.39 is 39.6 Å². The van der Waals surface area contributed by atoms with Gasteiger partial charge in [0, 0.05) is 22.6 Å². The van der Waals surface area contributed by atoms with E-state index in [-0.39, 0.29) is 18.6 Å². The van der Waals surface area contributed by atoms with Crippen molar-refractivity contribution in [1.82, 2.24) is 0 Å². The number of benzene rings is 3. The molecule has 0 unspecified atom stereocenters. The molecule has 3 aromatic carbocycles. The lowest BCUT2D eigenvalue weighted by atomic mass is 9.59. The molecule has 0 radical (unpaired) electrons. The highest BCUT2D eigenvalue weighted by Crippen LogP contribution is 2.58. The van der Waals surface area contributed by atoms with Crippen molar-refractivity contribution in [2.75, 3.05) is 11.5 Å². The number of para-hydroxylation sites is 1.